The molecule has 0 unspecified atom stereocenters. The van der Waals surface area contributed by atoms with Crippen molar-refractivity contribution >= 4 is 0 Å². The minimum atomic E-state index is -0.183. The highest BCUT2D eigenvalue weighted by atomic mass is 19.1. The van der Waals surface area contributed by atoms with Crippen LogP contribution in [0, 0.1) is 17.1 Å². The molecule has 0 N–H and O–H groups in total. The summed E-state index contributed by atoms with van der Waals surface area (Å²) < 4.78 is 24.9. The predicted octanol–water partition coefficient (Wildman–Crippen LogP) is 5.25. The molecule has 0 aliphatic carbocycles. The van der Waals surface area contributed by atoms with Crippen LogP contribution in [-0.2, 0) is 19.7 Å². The molecule has 0 atom stereocenters. The second-order valence-electron chi connectivity index (χ2n) is 8.99. The minimum Gasteiger partial charge on any atom is -0.489 e. The summed E-state index contributed by atoms with van der Waals surface area (Å²) in [5, 5.41) is 13.3. The number of hydrogen-bond donors (Lipinski definition) is 0. The molecule has 2 heterocycles. The number of hydrogen-bond acceptors (Lipinski definition) is 6. The Morgan fingerprint density at radius 3 is 2.33 bits per heavy atom. The maximum atomic E-state index is 13.4. The van der Waals surface area contributed by atoms with Crippen LogP contribution in [0.1, 0.15) is 22.4 Å². The van der Waals surface area contributed by atoms with Gasteiger partial charge >= 0.3 is 0 Å². The van der Waals surface area contributed by atoms with Crippen LogP contribution < -0.4 is 4.74 Å². The molecule has 0 amide bonds. The lowest BCUT2D eigenvalue weighted by atomic mass is 10.1. The van der Waals surface area contributed by atoms with E-state index in [1.807, 2.05) is 54.6 Å². The van der Waals surface area contributed by atoms with E-state index in [2.05, 4.69) is 21.0 Å². The smallest absolute Gasteiger partial charge is 0.167 e. The van der Waals surface area contributed by atoms with Crippen LogP contribution in [0.15, 0.2) is 83.4 Å². The third-order valence-electron chi connectivity index (χ3n) is 6.31. The molecule has 0 bridgehead atoms. The molecule has 182 valence electrons. The molecule has 1 saturated heterocycles. The van der Waals surface area contributed by atoms with Gasteiger partial charge in [0.15, 0.2) is 5.76 Å². The molecule has 0 saturated carbocycles. The fourth-order valence-corrected chi connectivity index (χ4v) is 4.36. The molecule has 0 radical (unpaired) electrons. The Kier molecular flexibility index (Phi) is 7.36. The van der Waals surface area contributed by atoms with Crippen molar-refractivity contribution in [3.63, 3.8) is 0 Å². The van der Waals surface area contributed by atoms with E-state index < -0.39 is 0 Å². The van der Waals surface area contributed by atoms with Gasteiger partial charge in [-0.3, -0.25) is 9.80 Å². The van der Waals surface area contributed by atoms with Crippen LogP contribution in [0.2, 0.25) is 0 Å². The molecule has 1 aliphatic heterocycles. The molecule has 1 aliphatic rings. The average molecular weight is 483 g/mol. The number of rotatable bonds is 8. The molecule has 3 aromatic carbocycles. The second kappa shape index (κ2) is 11.2. The van der Waals surface area contributed by atoms with E-state index in [1.54, 1.807) is 18.2 Å². The van der Waals surface area contributed by atoms with E-state index in [9.17, 15) is 4.39 Å². The summed E-state index contributed by atoms with van der Waals surface area (Å²) in [5.74, 6) is 1.29. The number of benzene rings is 3. The van der Waals surface area contributed by atoms with Gasteiger partial charge in [0.05, 0.1) is 17.3 Å². The zero-order chi connectivity index (χ0) is 24.7. The van der Waals surface area contributed by atoms with Gasteiger partial charge in [-0.1, -0.05) is 29.4 Å². The van der Waals surface area contributed by atoms with Crippen molar-refractivity contribution in [2.24, 2.45) is 0 Å². The van der Waals surface area contributed by atoms with E-state index in [1.165, 1.54) is 6.07 Å². The Hall–Kier alpha value is -3.99. The third-order valence-corrected chi connectivity index (χ3v) is 6.31. The molecule has 7 heteroatoms. The first-order valence-corrected chi connectivity index (χ1v) is 12.0. The molecule has 1 aromatic heterocycles. The summed E-state index contributed by atoms with van der Waals surface area (Å²) in [6, 6.07) is 26.1. The number of piperazine rings is 1. The highest BCUT2D eigenvalue weighted by Crippen LogP contribution is 2.24. The lowest BCUT2D eigenvalue weighted by molar-refractivity contribution is 0.120. The second-order valence-corrected chi connectivity index (χ2v) is 8.99. The van der Waals surface area contributed by atoms with Crippen LogP contribution in [0.25, 0.3) is 11.3 Å². The Labute approximate surface area is 210 Å². The van der Waals surface area contributed by atoms with Gasteiger partial charge in [-0.25, -0.2) is 4.39 Å². The predicted molar refractivity (Wildman–Crippen MR) is 134 cm³/mol. The summed E-state index contributed by atoms with van der Waals surface area (Å²) in [6.45, 7) is 5.64. The number of aromatic nitrogens is 1. The van der Waals surface area contributed by atoms with Crippen molar-refractivity contribution in [2.75, 3.05) is 26.2 Å². The minimum absolute atomic E-state index is 0.183. The first-order chi connectivity index (χ1) is 17.6. The van der Waals surface area contributed by atoms with Crippen molar-refractivity contribution in [3.05, 3.63) is 107 Å². The van der Waals surface area contributed by atoms with Gasteiger partial charge in [0.2, 0.25) is 0 Å². The molecule has 36 heavy (non-hydrogen) atoms. The van der Waals surface area contributed by atoms with E-state index in [-0.39, 0.29) is 5.82 Å². The summed E-state index contributed by atoms with van der Waals surface area (Å²) in [7, 11) is 0. The van der Waals surface area contributed by atoms with E-state index in [4.69, 9.17) is 14.5 Å². The van der Waals surface area contributed by atoms with Gasteiger partial charge in [-0.15, -0.1) is 0 Å². The third kappa shape index (κ3) is 6.16. The number of nitriles is 1. The van der Waals surface area contributed by atoms with Crippen LogP contribution >= 0.6 is 0 Å². The standard InChI is InChI=1S/C29H27FN4O2/c30-26-6-2-4-23(16-26)19-33-11-13-34(14-12-33)20-27-17-29(36-32-27)25-7-9-28(10-8-25)35-21-24-5-1-3-22(15-24)18-31/h1-10,15-17H,11-14,19-21H2. The van der Waals surface area contributed by atoms with Gasteiger partial charge in [-0.05, 0) is 59.7 Å². The highest BCUT2D eigenvalue weighted by Gasteiger charge is 2.19. The maximum absolute atomic E-state index is 13.4. The number of halogens is 1. The lowest BCUT2D eigenvalue weighted by Crippen LogP contribution is -2.45. The van der Waals surface area contributed by atoms with Crippen molar-refractivity contribution < 1.29 is 13.7 Å². The fourth-order valence-electron chi connectivity index (χ4n) is 4.36. The Morgan fingerprint density at radius 1 is 0.861 bits per heavy atom. The van der Waals surface area contributed by atoms with Crippen LogP contribution in [0.3, 0.4) is 0 Å². The lowest BCUT2D eigenvalue weighted by Gasteiger charge is -2.34. The molecule has 0 spiro atoms. The summed E-state index contributed by atoms with van der Waals surface area (Å²) in [4.78, 5) is 4.71. The first kappa shape index (κ1) is 23.7. The van der Waals surface area contributed by atoms with E-state index in [0.29, 0.717) is 12.2 Å². The zero-order valence-electron chi connectivity index (χ0n) is 19.9. The van der Waals surface area contributed by atoms with E-state index in [0.717, 1.165) is 73.2 Å². The largest absolute Gasteiger partial charge is 0.489 e. The number of nitrogens with zero attached hydrogens (tertiary/aromatic N) is 4. The van der Waals surface area contributed by atoms with Gasteiger partial charge in [0, 0.05) is 50.9 Å². The Morgan fingerprint density at radius 2 is 1.58 bits per heavy atom. The van der Waals surface area contributed by atoms with Crippen LogP contribution in [0.4, 0.5) is 4.39 Å². The molecule has 4 aromatic rings. The SMILES string of the molecule is N#Cc1cccc(COc2ccc(-c3cc(CN4CCN(Cc5cccc(F)c5)CC4)no3)cc2)c1. The van der Waals surface area contributed by atoms with Crippen LogP contribution in [-0.4, -0.2) is 41.1 Å². The van der Waals surface area contributed by atoms with E-state index >= 15 is 0 Å². The van der Waals surface area contributed by atoms with Crippen LogP contribution in [0.5, 0.6) is 5.75 Å². The fraction of sp³-hybridized carbons (Fsp3) is 0.241. The monoisotopic (exact) mass is 482 g/mol. The molecule has 6 nitrogen and oxygen atoms in total. The average Bonchev–Trinajstić information content (AvgIpc) is 3.37. The summed E-state index contributed by atoms with van der Waals surface area (Å²) in [6.07, 6.45) is 0. The highest BCUT2D eigenvalue weighted by molar-refractivity contribution is 5.58. The first-order valence-electron chi connectivity index (χ1n) is 12.0. The zero-order valence-corrected chi connectivity index (χ0v) is 19.9. The van der Waals surface area contributed by atoms with Gasteiger partial charge in [0.25, 0.3) is 0 Å². The Bertz CT molecular complexity index is 1340. The molecular weight excluding hydrogens is 455 g/mol. The molecular formula is C29H27FN4O2. The normalized spacial score (nSPS) is 14.4. The van der Waals surface area contributed by atoms with Crippen molar-refractivity contribution in [3.8, 4) is 23.1 Å². The summed E-state index contributed by atoms with van der Waals surface area (Å²) in [5.41, 5.74) is 4.43. The molecule has 1 fully saturated rings. The number of ether oxygens (including phenoxy) is 1. The van der Waals surface area contributed by atoms with Crippen molar-refractivity contribution in [2.45, 2.75) is 19.7 Å². The van der Waals surface area contributed by atoms with Gasteiger partial charge in [-0.2, -0.15) is 5.26 Å². The maximum Gasteiger partial charge on any atom is 0.167 e. The quantitative estimate of drug-likeness (QED) is 0.342. The topological polar surface area (TPSA) is 65.5 Å². The Balaban J connectivity index is 1.11. The van der Waals surface area contributed by atoms with Crippen molar-refractivity contribution in [1.82, 2.24) is 15.0 Å². The van der Waals surface area contributed by atoms with Gasteiger partial charge < -0.3 is 9.26 Å². The van der Waals surface area contributed by atoms with Crippen molar-refractivity contribution in [1.29, 1.82) is 5.26 Å². The van der Waals surface area contributed by atoms with Gasteiger partial charge in [0.1, 0.15) is 18.2 Å². The molecule has 5 rings (SSSR count). The summed E-state index contributed by atoms with van der Waals surface area (Å²) >= 11 is 0.